The van der Waals surface area contributed by atoms with E-state index in [1.165, 1.54) is 32.1 Å². The number of ether oxygens (including phenoxy) is 1. The maximum absolute atomic E-state index is 5.94. The maximum atomic E-state index is 5.94. The topological polar surface area (TPSA) is 21.3 Å². The quantitative estimate of drug-likeness (QED) is 0.564. The molecule has 0 fully saturated rings. The predicted molar refractivity (Wildman–Crippen MR) is 67.3 cm³/mol. The molecule has 0 aromatic heterocycles. The molecule has 0 heterocycles. The summed E-state index contributed by atoms with van der Waals surface area (Å²) in [7, 11) is 1.98. The molecule has 0 aromatic carbocycles. The highest BCUT2D eigenvalue weighted by molar-refractivity contribution is 4.75. The van der Waals surface area contributed by atoms with Gasteiger partial charge in [0.25, 0.3) is 0 Å². The van der Waals surface area contributed by atoms with Crippen LogP contribution < -0.4 is 5.32 Å². The van der Waals surface area contributed by atoms with Gasteiger partial charge in [-0.05, 0) is 26.8 Å². The first kappa shape index (κ1) is 14.9. The zero-order chi connectivity index (χ0) is 11.6. The molecule has 0 rings (SSSR count). The van der Waals surface area contributed by atoms with E-state index >= 15 is 0 Å². The van der Waals surface area contributed by atoms with Gasteiger partial charge in [0.2, 0.25) is 0 Å². The van der Waals surface area contributed by atoms with Crippen molar-refractivity contribution in [2.45, 2.75) is 64.9 Å². The van der Waals surface area contributed by atoms with Gasteiger partial charge in [0, 0.05) is 13.2 Å². The van der Waals surface area contributed by atoms with Crippen LogP contribution in [-0.4, -0.2) is 25.8 Å². The lowest BCUT2D eigenvalue weighted by Crippen LogP contribution is -2.38. The van der Waals surface area contributed by atoms with E-state index in [4.69, 9.17) is 4.74 Å². The standard InChI is InChI=1S/C13H29NO/c1-5-7-8-9-10-11-15-13(3,6-2)12-14-4/h14H,5-12H2,1-4H3. The summed E-state index contributed by atoms with van der Waals surface area (Å²) in [5.74, 6) is 0. The molecule has 0 amide bonds. The molecule has 0 saturated carbocycles. The molecule has 0 aliphatic heterocycles. The van der Waals surface area contributed by atoms with Crippen LogP contribution in [0.4, 0.5) is 0 Å². The van der Waals surface area contributed by atoms with Crippen LogP contribution in [0, 0.1) is 0 Å². The molecular formula is C13H29NO. The van der Waals surface area contributed by atoms with E-state index in [0.717, 1.165) is 19.6 Å². The van der Waals surface area contributed by atoms with E-state index in [1.54, 1.807) is 0 Å². The minimum atomic E-state index is 0.0273. The fourth-order valence-electron chi connectivity index (χ4n) is 1.68. The lowest BCUT2D eigenvalue weighted by Gasteiger charge is -2.28. The zero-order valence-corrected chi connectivity index (χ0v) is 11.1. The van der Waals surface area contributed by atoms with Gasteiger partial charge in [-0.25, -0.2) is 0 Å². The molecule has 0 bridgehead atoms. The van der Waals surface area contributed by atoms with E-state index in [9.17, 15) is 0 Å². The fraction of sp³-hybridized carbons (Fsp3) is 1.00. The van der Waals surface area contributed by atoms with Crippen molar-refractivity contribution in [1.29, 1.82) is 0 Å². The second kappa shape index (κ2) is 9.17. The highest BCUT2D eigenvalue weighted by Gasteiger charge is 2.20. The Hall–Kier alpha value is -0.0800. The van der Waals surface area contributed by atoms with E-state index in [0.29, 0.717) is 0 Å². The smallest absolute Gasteiger partial charge is 0.0775 e. The normalized spacial score (nSPS) is 15.2. The van der Waals surface area contributed by atoms with Crippen molar-refractivity contribution in [3.05, 3.63) is 0 Å². The van der Waals surface area contributed by atoms with Crippen molar-refractivity contribution in [2.75, 3.05) is 20.2 Å². The molecule has 1 atom stereocenters. The van der Waals surface area contributed by atoms with E-state index in [1.807, 2.05) is 7.05 Å². The molecule has 1 N–H and O–H groups in total. The van der Waals surface area contributed by atoms with E-state index in [2.05, 4.69) is 26.1 Å². The first-order chi connectivity index (χ1) is 7.18. The average molecular weight is 215 g/mol. The minimum Gasteiger partial charge on any atom is -0.374 e. The summed E-state index contributed by atoms with van der Waals surface area (Å²) in [4.78, 5) is 0. The summed E-state index contributed by atoms with van der Waals surface area (Å²) in [6, 6.07) is 0. The Balaban J connectivity index is 3.46. The van der Waals surface area contributed by atoms with Gasteiger partial charge in [-0.1, -0.05) is 39.5 Å². The van der Waals surface area contributed by atoms with Crippen molar-refractivity contribution in [1.82, 2.24) is 5.32 Å². The van der Waals surface area contributed by atoms with Crippen molar-refractivity contribution in [2.24, 2.45) is 0 Å². The summed E-state index contributed by atoms with van der Waals surface area (Å²) in [5.41, 5.74) is 0.0273. The second-order valence-electron chi connectivity index (χ2n) is 4.60. The van der Waals surface area contributed by atoms with Crippen molar-refractivity contribution >= 4 is 0 Å². The number of hydrogen-bond donors (Lipinski definition) is 1. The summed E-state index contributed by atoms with van der Waals surface area (Å²) in [5, 5.41) is 3.20. The second-order valence-corrected chi connectivity index (χ2v) is 4.60. The van der Waals surface area contributed by atoms with Crippen LogP contribution >= 0.6 is 0 Å². The van der Waals surface area contributed by atoms with Crippen LogP contribution in [-0.2, 0) is 4.74 Å². The largest absolute Gasteiger partial charge is 0.374 e. The summed E-state index contributed by atoms with van der Waals surface area (Å²) >= 11 is 0. The molecule has 92 valence electrons. The average Bonchev–Trinajstić information content (AvgIpc) is 2.24. The van der Waals surface area contributed by atoms with Gasteiger partial charge in [-0.3, -0.25) is 0 Å². The van der Waals surface area contributed by atoms with Crippen LogP contribution in [0.3, 0.4) is 0 Å². The van der Waals surface area contributed by atoms with Crippen LogP contribution in [0.2, 0.25) is 0 Å². The summed E-state index contributed by atoms with van der Waals surface area (Å²) in [6.07, 6.45) is 7.62. The Morgan fingerprint density at radius 3 is 2.27 bits per heavy atom. The van der Waals surface area contributed by atoms with E-state index < -0.39 is 0 Å². The van der Waals surface area contributed by atoms with Gasteiger partial charge >= 0.3 is 0 Å². The Morgan fingerprint density at radius 2 is 1.73 bits per heavy atom. The Kier molecular flexibility index (Phi) is 9.12. The molecule has 0 radical (unpaired) electrons. The Bertz CT molecular complexity index is 138. The lowest BCUT2D eigenvalue weighted by molar-refractivity contribution is -0.0335. The van der Waals surface area contributed by atoms with Gasteiger partial charge in [0.1, 0.15) is 0 Å². The van der Waals surface area contributed by atoms with Gasteiger partial charge in [-0.15, -0.1) is 0 Å². The van der Waals surface area contributed by atoms with Crippen molar-refractivity contribution in [3.63, 3.8) is 0 Å². The predicted octanol–water partition coefficient (Wildman–Crippen LogP) is 3.36. The number of likely N-dealkylation sites (N-methyl/N-ethyl adjacent to an activating group) is 1. The van der Waals surface area contributed by atoms with Gasteiger partial charge in [-0.2, -0.15) is 0 Å². The van der Waals surface area contributed by atoms with Gasteiger partial charge < -0.3 is 10.1 Å². The van der Waals surface area contributed by atoms with Gasteiger partial charge in [0.05, 0.1) is 5.60 Å². The highest BCUT2D eigenvalue weighted by Crippen LogP contribution is 2.15. The van der Waals surface area contributed by atoms with Crippen LogP contribution in [0.15, 0.2) is 0 Å². The van der Waals surface area contributed by atoms with Crippen LogP contribution in [0.5, 0.6) is 0 Å². The molecule has 0 aliphatic carbocycles. The number of rotatable bonds is 10. The zero-order valence-electron chi connectivity index (χ0n) is 11.1. The van der Waals surface area contributed by atoms with Crippen molar-refractivity contribution in [3.8, 4) is 0 Å². The SMILES string of the molecule is CCCCCCCOC(C)(CC)CNC. The third kappa shape index (κ3) is 7.80. The first-order valence-corrected chi connectivity index (χ1v) is 6.47. The molecule has 1 unspecified atom stereocenters. The summed E-state index contributed by atoms with van der Waals surface area (Å²) in [6.45, 7) is 8.48. The summed E-state index contributed by atoms with van der Waals surface area (Å²) < 4.78 is 5.94. The molecule has 0 spiro atoms. The van der Waals surface area contributed by atoms with Crippen molar-refractivity contribution < 1.29 is 4.74 Å². The Labute approximate surface area is 95.8 Å². The third-order valence-corrected chi connectivity index (χ3v) is 3.00. The molecule has 15 heavy (non-hydrogen) atoms. The fourth-order valence-corrected chi connectivity index (χ4v) is 1.68. The molecule has 2 nitrogen and oxygen atoms in total. The minimum absolute atomic E-state index is 0.0273. The van der Waals surface area contributed by atoms with E-state index in [-0.39, 0.29) is 5.60 Å². The number of nitrogens with one attached hydrogen (secondary N) is 1. The number of hydrogen-bond acceptors (Lipinski definition) is 2. The van der Waals surface area contributed by atoms with Crippen LogP contribution in [0.25, 0.3) is 0 Å². The molecular weight excluding hydrogens is 186 g/mol. The lowest BCUT2D eigenvalue weighted by atomic mass is 10.0. The maximum Gasteiger partial charge on any atom is 0.0775 e. The molecule has 2 heteroatoms. The Morgan fingerprint density at radius 1 is 1.07 bits per heavy atom. The highest BCUT2D eigenvalue weighted by atomic mass is 16.5. The molecule has 0 aliphatic rings. The monoisotopic (exact) mass is 215 g/mol. The third-order valence-electron chi connectivity index (χ3n) is 3.00. The first-order valence-electron chi connectivity index (χ1n) is 6.47. The number of unbranched alkanes of at least 4 members (excludes halogenated alkanes) is 4. The van der Waals surface area contributed by atoms with Gasteiger partial charge in [0.15, 0.2) is 0 Å². The molecule has 0 saturated heterocycles. The van der Waals surface area contributed by atoms with Crippen LogP contribution in [0.1, 0.15) is 59.3 Å². The molecule has 0 aromatic rings.